The number of hydrogen-bond donors (Lipinski definition) is 3. The third kappa shape index (κ3) is 3.74. The standard InChI is InChI=1S/C9H16N2O3/c1-2-7(9(13)14)10-5-8(12)11-6-3-4-6/h6-7,10H,2-5H2,1H3,(H,11,12)(H,13,14). The normalized spacial score (nSPS) is 17.5. The lowest BCUT2D eigenvalue weighted by Crippen LogP contribution is -2.43. The van der Waals surface area contributed by atoms with Gasteiger partial charge in [-0.2, -0.15) is 0 Å². The Balaban J connectivity index is 2.16. The Morgan fingerprint density at radius 1 is 1.50 bits per heavy atom. The van der Waals surface area contributed by atoms with Crippen molar-refractivity contribution in [2.75, 3.05) is 6.54 Å². The molecule has 1 rings (SSSR count). The molecule has 0 heterocycles. The smallest absolute Gasteiger partial charge is 0.320 e. The van der Waals surface area contributed by atoms with E-state index >= 15 is 0 Å². The summed E-state index contributed by atoms with van der Waals surface area (Å²) in [4.78, 5) is 21.8. The monoisotopic (exact) mass is 200 g/mol. The second kappa shape index (κ2) is 4.95. The first-order valence-electron chi connectivity index (χ1n) is 4.89. The predicted octanol–water partition coefficient (Wildman–Crippen LogP) is -0.282. The Bertz CT molecular complexity index is 226. The Labute approximate surface area is 82.9 Å². The van der Waals surface area contributed by atoms with Crippen LogP contribution in [0.2, 0.25) is 0 Å². The molecule has 0 aromatic carbocycles. The van der Waals surface area contributed by atoms with Crippen LogP contribution in [0, 0.1) is 0 Å². The minimum atomic E-state index is -0.910. The lowest BCUT2D eigenvalue weighted by atomic mass is 10.2. The van der Waals surface area contributed by atoms with Crippen LogP contribution >= 0.6 is 0 Å². The van der Waals surface area contributed by atoms with Gasteiger partial charge in [0.15, 0.2) is 0 Å². The van der Waals surface area contributed by atoms with Gasteiger partial charge >= 0.3 is 5.97 Å². The van der Waals surface area contributed by atoms with Crippen LogP contribution in [0.5, 0.6) is 0 Å². The molecule has 0 saturated heterocycles. The van der Waals surface area contributed by atoms with E-state index in [1.54, 1.807) is 6.92 Å². The zero-order chi connectivity index (χ0) is 10.6. The molecular weight excluding hydrogens is 184 g/mol. The van der Waals surface area contributed by atoms with E-state index in [9.17, 15) is 9.59 Å². The van der Waals surface area contributed by atoms with Crippen molar-refractivity contribution < 1.29 is 14.7 Å². The van der Waals surface area contributed by atoms with Gasteiger partial charge in [-0.05, 0) is 19.3 Å². The third-order valence-electron chi connectivity index (χ3n) is 2.16. The molecule has 5 nitrogen and oxygen atoms in total. The van der Waals surface area contributed by atoms with Gasteiger partial charge in [0.2, 0.25) is 5.91 Å². The van der Waals surface area contributed by atoms with Gasteiger partial charge < -0.3 is 10.4 Å². The summed E-state index contributed by atoms with van der Waals surface area (Å²) >= 11 is 0. The number of carbonyl (C=O) groups excluding carboxylic acids is 1. The molecule has 0 spiro atoms. The number of amides is 1. The average Bonchev–Trinajstić information content (AvgIpc) is 2.88. The number of hydrogen-bond acceptors (Lipinski definition) is 3. The maximum atomic E-state index is 11.2. The average molecular weight is 200 g/mol. The summed E-state index contributed by atoms with van der Waals surface area (Å²) in [6, 6.07) is -0.297. The summed E-state index contributed by atoms with van der Waals surface area (Å²) in [5.74, 6) is -1.03. The largest absolute Gasteiger partial charge is 0.480 e. The van der Waals surface area contributed by atoms with E-state index in [2.05, 4.69) is 10.6 Å². The highest BCUT2D eigenvalue weighted by atomic mass is 16.4. The van der Waals surface area contributed by atoms with Crippen LogP contribution in [-0.4, -0.2) is 35.6 Å². The number of rotatable bonds is 6. The van der Waals surface area contributed by atoms with E-state index in [1.807, 2.05) is 0 Å². The quantitative estimate of drug-likeness (QED) is 0.551. The van der Waals surface area contributed by atoms with Gasteiger partial charge in [0, 0.05) is 6.04 Å². The summed E-state index contributed by atoms with van der Waals surface area (Å²) in [5, 5.41) is 14.2. The van der Waals surface area contributed by atoms with Crippen molar-refractivity contribution >= 4 is 11.9 Å². The molecule has 1 unspecified atom stereocenters. The zero-order valence-electron chi connectivity index (χ0n) is 8.25. The number of carboxylic acids is 1. The van der Waals surface area contributed by atoms with Crippen LogP contribution in [0.4, 0.5) is 0 Å². The van der Waals surface area contributed by atoms with E-state index in [4.69, 9.17) is 5.11 Å². The molecule has 5 heteroatoms. The van der Waals surface area contributed by atoms with Crippen molar-refractivity contribution in [2.24, 2.45) is 0 Å². The summed E-state index contributed by atoms with van der Waals surface area (Å²) in [5.41, 5.74) is 0. The molecular formula is C9H16N2O3. The highest BCUT2D eigenvalue weighted by Gasteiger charge is 2.23. The Hall–Kier alpha value is -1.10. The molecule has 80 valence electrons. The van der Waals surface area contributed by atoms with E-state index in [-0.39, 0.29) is 12.5 Å². The minimum Gasteiger partial charge on any atom is -0.480 e. The second-order valence-corrected chi connectivity index (χ2v) is 3.52. The first-order chi connectivity index (χ1) is 6.63. The molecule has 1 amide bonds. The summed E-state index contributed by atoms with van der Waals surface area (Å²) in [6.45, 7) is 1.85. The number of aliphatic carboxylic acids is 1. The summed E-state index contributed by atoms with van der Waals surface area (Å²) in [7, 11) is 0. The van der Waals surface area contributed by atoms with Crippen LogP contribution < -0.4 is 10.6 Å². The summed E-state index contributed by atoms with van der Waals surface area (Å²) < 4.78 is 0. The van der Waals surface area contributed by atoms with Crippen molar-refractivity contribution in [1.82, 2.24) is 10.6 Å². The molecule has 14 heavy (non-hydrogen) atoms. The van der Waals surface area contributed by atoms with Crippen molar-refractivity contribution in [2.45, 2.75) is 38.3 Å². The molecule has 1 aliphatic carbocycles. The Morgan fingerprint density at radius 3 is 2.57 bits per heavy atom. The number of nitrogens with one attached hydrogen (secondary N) is 2. The fourth-order valence-electron chi connectivity index (χ4n) is 1.13. The van der Waals surface area contributed by atoms with Crippen molar-refractivity contribution in [3.63, 3.8) is 0 Å². The fraction of sp³-hybridized carbons (Fsp3) is 0.778. The van der Waals surface area contributed by atoms with Crippen LogP contribution in [-0.2, 0) is 9.59 Å². The fourth-order valence-corrected chi connectivity index (χ4v) is 1.13. The third-order valence-corrected chi connectivity index (χ3v) is 2.16. The predicted molar refractivity (Wildman–Crippen MR) is 50.9 cm³/mol. The lowest BCUT2D eigenvalue weighted by Gasteiger charge is -2.11. The molecule has 1 saturated carbocycles. The molecule has 0 radical (unpaired) electrons. The van der Waals surface area contributed by atoms with Gasteiger partial charge in [-0.25, -0.2) is 0 Å². The van der Waals surface area contributed by atoms with Gasteiger partial charge in [-0.1, -0.05) is 6.92 Å². The zero-order valence-corrected chi connectivity index (χ0v) is 8.25. The number of carbonyl (C=O) groups is 2. The Morgan fingerprint density at radius 2 is 2.14 bits per heavy atom. The maximum Gasteiger partial charge on any atom is 0.320 e. The lowest BCUT2D eigenvalue weighted by molar-refractivity contribution is -0.139. The van der Waals surface area contributed by atoms with E-state index < -0.39 is 12.0 Å². The maximum absolute atomic E-state index is 11.2. The van der Waals surface area contributed by atoms with E-state index in [1.165, 1.54) is 0 Å². The van der Waals surface area contributed by atoms with Crippen molar-refractivity contribution in [1.29, 1.82) is 0 Å². The van der Waals surface area contributed by atoms with E-state index in [0.717, 1.165) is 12.8 Å². The van der Waals surface area contributed by atoms with Crippen LogP contribution in [0.25, 0.3) is 0 Å². The molecule has 1 aliphatic rings. The van der Waals surface area contributed by atoms with Crippen LogP contribution in [0.3, 0.4) is 0 Å². The highest BCUT2D eigenvalue weighted by molar-refractivity contribution is 5.80. The molecule has 0 aromatic rings. The van der Waals surface area contributed by atoms with Gasteiger partial charge in [0.25, 0.3) is 0 Å². The molecule has 1 fully saturated rings. The van der Waals surface area contributed by atoms with Gasteiger partial charge in [0.05, 0.1) is 6.54 Å². The van der Waals surface area contributed by atoms with Gasteiger partial charge in [-0.3, -0.25) is 14.9 Å². The van der Waals surface area contributed by atoms with Crippen LogP contribution in [0.15, 0.2) is 0 Å². The van der Waals surface area contributed by atoms with Crippen molar-refractivity contribution in [3.05, 3.63) is 0 Å². The molecule has 0 aromatic heterocycles. The first kappa shape index (κ1) is 11.0. The second-order valence-electron chi connectivity index (χ2n) is 3.52. The Kier molecular flexibility index (Phi) is 3.88. The van der Waals surface area contributed by atoms with E-state index in [0.29, 0.717) is 12.5 Å². The highest BCUT2D eigenvalue weighted by Crippen LogP contribution is 2.18. The summed E-state index contributed by atoms with van der Waals surface area (Å²) in [6.07, 6.45) is 2.57. The number of carboxylic acid groups (broad SMARTS) is 1. The van der Waals surface area contributed by atoms with Gasteiger partial charge in [-0.15, -0.1) is 0 Å². The van der Waals surface area contributed by atoms with Crippen molar-refractivity contribution in [3.8, 4) is 0 Å². The molecule has 1 atom stereocenters. The molecule has 3 N–H and O–H groups in total. The molecule has 0 aliphatic heterocycles. The van der Waals surface area contributed by atoms with Gasteiger partial charge in [0.1, 0.15) is 6.04 Å². The topological polar surface area (TPSA) is 78.4 Å². The molecule has 0 bridgehead atoms. The first-order valence-corrected chi connectivity index (χ1v) is 4.89. The minimum absolute atomic E-state index is 0.0846. The van der Waals surface area contributed by atoms with Crippen LogP contribution in [0.1, 0.15) is 26.2 Å². The SMILES string of the molecule is CCC(NCC(=O)NC1CC1)C(=O)O.